The van der Waals surface area contributed by atoms with Gasteiger partial charge in [0.15, 0.2) is 0 Å². The quantitative estimate of drug-likeness (QED) is 0.869. The van der Waals surface area contributed by atoms with Crippen molar-refractivity contribution in [3.63, 3.8) is 0 Å². The number of halogens is 2. The SMILES string of the molecule is CCCN(CC(=O)O)Cc1ccccc1Cl.Cl. The number of carboxylic acid groups (broad SMARTS) is 1. The zero-order valence-corrected chi connectivity index (χ0v) is 11.3. The first-order valence-corrected chi connectivity index (χ1v) is 5.68. The zero-order chi connectivity index (χ0) is 12.0. The van der Waals surface area contributed by atoms with Crippen LogP contribution in [-0.2, 0) is 11.3 Å². The molecule has 3 nitrogen and oxygen atoms in total. The van der Waals surface area contributed by atoms with Gasteiger partial charge in [0.2, 0.25) is 0 Å². The van der Waals surface area contributed by atoms with Crippen LogP contribution in [0.4, 0.5) is 0 Å². The van der Waals surface area contributed by atoms with E-state index in [9.17, 15) is 4.79 Å². The molecule has 1 aromatic rings. The van der Waals surface area contributed by atoms with Gasteiger partial charge in [0.1, 0.15) is 0 Å². The molecule has 17 heavy (non-hydrogen) atoms. The van der Waals surface area contributed by atoms with Gasteiger partial charge < -0.3 is 5.11 Å². The first-order valence-electron chi connectivity index (χ1n) is 5.31. The Labute approximate surface area is 113 Å². The summed E-state index contributed by atoms with van der Waals surface area (Å²) in [6.45, 7) is 3.43. The lowest BCUT2D eigenvalue weighted by Crippen LogP contribution is -2.30. The van der Waals surface area contributed by atoms with Crippen molar-refractivity contribution in [1.29, 1.82) is 0 Å². The molecule has 0 aromatic heterocycles. The second-order valence-corrected chi connectivity index (χ2v) is 4.10. The van der Waals surface area contributed by atoms with Crippen molar-refractivity contribution in [2.75, 3.05) is 13.1 Å². The van der Waals surface area contributed by atoms with Gasteiger partial charge in [-0.3, -0.25) is 9.69 Å². The fourth-order valence-corrected chi connectivity index (χ4v) is 1.78. The van der Waals surface area contributed by atoms with Gasteiger partial charge in [0.25, 0.3) is 0 Å². The van der Waals surface area contributed by atoms with Crippen molar-refractivity contribution in [2.45, 2.75) is 19.9 Å². The third kappa shape index (κ3) is 5.91. The molecule has 96 valence electrons. The van der Waals surface area contributed by atoms with Crippen molar-refractivity contribution < 1.29 is 9.90 Å². The molecule has 0 bridgehead atoms. The predicted molar refractivity (Wildman–Crippen MR) is 71.9 cm³/mol. The van der Waals surface area contributed by atoms with E-state index in [4.69, 9.17) is 16.7 Å². The van der Waals surface area contributed by atoms with E-state index in [0.717, 1.165) is 18.5 Å². The van der Waals surface area contributed by atoms with Crippen LogP contribution in [0.1, 0.15) is 18.9 Å². The summed E-state index contributed by atoms with van der Waals surface area (Å²) in [6.07, 6.45) is 0.928. The first kappa shape index (κ1) is 16.2. The van der Waals surface area contributed by atoms with E-state index in [1.807, 2.05) is 36.1 Å². The molecular formula is C12H17Cl2NO2. The molecule has 0 fully saturated rings. The summed E-state index contributed by atoms with van der Waals surface area (Å²) in [6, 6.07) is 7.52. The fraction of sp³-hybridized carbons (Fsp3) is 0.417. The number of rotatable bonds is 6. The van der Waals surface area contributed by atoms with E-state index in [1.165, 1.54) is 0 Å². The predicted octanol–water partition coefficient (Wildman–Crippen LogP) is 3.06. The van der Waals surface area contributed by atoms with Crippen LogP contribution in [0, 0.1) is 0 Å². The minimum Gasteiger partial charge on any atom is -0.480 e. The molecule has 0 unspecified atom stereocenters. The van der Waals surface area contributed by atoms with Crippen molar-refractivity contribution in [1.82, 2.24) is 4.90 Å². The highest BCUT2D eigenvalue weighted by molar-refractivity contribution is 6.31. The lowest BCUT2D eigenvalue weighted by atomic mass is 10.2. The van der Waals surface area contributed by atoms with E-state index in [0.29, 0.717) is 11.6 Å². The van der Waals surface area contributed by atoms with Gasteiger partial charge in [-0.2, -0.15) is 0 Å². The van der Waals surface area contributed by atoms with Crippen molar-refractivity contribution >= 4 is 30.0 Å². The molecule has 0 heterocycles. The summed E-state index contributed by atoms with van der Waals surface area (Å²) < 4.78 is 0. The molecule has 1 aromatic carbocycles. The normalized spacial score (nSPS) is 10.1. The van der Waals surface area contributed by atoms with Crippen LogP contribution in [-0.4, -0.2) is 29.1 Å². The van der Waals surface area contributed by atoms with Crippen LogP contribution in [0.15, 0.2) is 24.3 Å². The molecule has 0 spiro atoms. The fourth-order valence-electron chi connectivity index (χ4n) is 1.59. The number of carboxylic acids is 1. The van der Waals surface area contributed by atoms with E-state index >= 15 is 0 Å². The summed E-state index contributed by atoms with van der Waals surface area (Å²) in [4.78, 5) is 12.6. The van der Waals surface area contributed by atoms with Crippen LogP contribution in [0.5, 0.6) is 0 Å². The molecule has 0 aliphatic rings. The highest BCUT2D eigenvalue weighted by Gasteiger charge is 2.10. The highest BCUT2D eigenvalue weighted by Crippen LogP contribution is 2.16. The van der Waals surface area contributed by atoms with E-state index < -0.39 is 5.97 Å². The molecule has 0 radical (unpaired) electrons. The molecule has 0 atom stereocenters. The molecule has 0 aliphatic carbocycles. The number of benzene rings is 1. The Balaban J connectivity index is 0.00000256. The Bertz CT molecular complexity index is 358. The Hall–Kier alpha value is -0.770. The van der Waals surface area contributed by atoms with Gasteiger partial charge in [-0.15, -0.1) is 12.4 Å². The number of carbonyl (C=O) groups is 1. The van der Waals surface area contributed by atoms with Crippen molar-refractivity contribution in [3.8, 4) is 0 Å². The van der Waals surface area contributed by atoms with Crippen LogP contribution >= 0.6 is 24.0 Å². The zero-order valence-electron chi connectivity index (χ0n) is 9.73. The minimum atomic E-state index is -0.805. The monoisotopic (exact) mass is 277 g/mol. The number of nitrogens with zero attached hydrogens (tertiary/aromatic N) is 1. The van der Waals surface area contributed by atoms with Gasteiger partial charge in [-0.1, -0.05) is 36.7 Å². The average Bonchev–Trinajstić information content (AvgIpc) is 2.21. The summed E-state index contributed by atoms with van der Waals surface area (Å²) in [7, 11) is 0. The molecule has 0 saturated carbocycles. The van der Waals surface area contributed by atoms with Gasteiger partial charge >= 0.3 is 5.97 Å². The Kier molecular flexibility index (Phi) is 7.96. The second kappa shape index (κ2) is 8.34. The summed E-state index contributed by atoms with van der Waals surface area (Å²) in [5, 5.41) is 9.47. The van der Waals surface area contributed by atoms with Crippen LogP contribution < -0.4 is 0 Å². The van der Waals surface area contributed by atoms with Crippen molar-refractivity contribution in [2.24, 2.45) is 0 Å². The van der Waals surface area contributed by atoms with Crippen LogP contribution in [0.25, 0.3) is 0 Å². The van der Waals surface area contributed by atoms with Gasteiger partial charge in [-0.25, -0.2) is 0 Å². The van der Waals surface area contributed by atoms with E-state index in [2.05, 4.69) is 0 Å². The largest absolute Gasteiger partial charge is 0.480 e. The van der Waals surface area contributed by atoms with Crippen molar-refractivity contribution in [3.05, 3.63) is 34.9 Å². The van der Waals surface area contributed by atoms with Crippen LogP contribution in [0.3, 0.4) is 0 Å². The lowest BCUT2D eigenvalue weighted by Gasteiger charge is -2.19. The van der Waals surface area contributed by atoms with Gasteiger partial charge in [0, 0.05) is 11.6 Å². The van der Waals surface area contributed by atoms with Gasteiger partial charge in [0.05, 0.1) is 6.54 Å². The number of aliphatic carboxylic acids is 1. The Morgan fingerprint density at radius 1 is 1.41 bits per heavy atom. The molecular weight excluding hydrogens is 261 g/mol. The molecule has 1 rings (SSSR count). The maximum absolute atomic E-state index is 10.7. The summed E-state index contributed by atoms with van der Waals surface area (Å²) in [5.41, 5.74) is 0.971. The Morgan fingerprint density at radius 3 is 2.59 bits per heavy atom. The third-order valence-corrected chi connectivity index (χ3v) is 2.62. The standard InChI is InChI=1S/C12H16ClNO2.ClH/c1-2-7-14(9-12(15)16)8-10-5-3-4-6-11(10)13;/h3-6H,2,7-9H2,1H3,(H,15,16);1H. The third-order valence-electron chi connectivity index (χ3n) is 2.25. The Morgan fingerprint density at radius 2 is 2.06 bits per heavy atom. The van der Waals surface area contributed by atoms with Gasteiger partial charge in [-0.05, 0) is 24.6 Å². The molecule has 0 aliphatic heterocycles. The highest BCUT2D eigenvalue weighted by atomic mass is 35.5. The topological polar surface area (TPSA) is 40.5 Å². The molecule has 1 N–H and O–H groups in total. The maximum atomic E-state index is 10.7. The molecule has 5 heteroatoms. The average molecular weight is 278 g/mol. The number of hydrogen-bond donors (Lipinski definition) is 1. The van der Waals surface area contributed by atoms with E-state index in [-0.39, 0.29) is 19.0 Å². The summed E-state index contributed by atoms with van der Waals surface area (Å²) in [5.74, 6) is -0.805. The molecule has 0 saturated heterocycles. The second-order valence-electron chi connectivity index (χ2n) is 3.70. The lowest BCUT2D eigenvalue weighted by molar-refractivity contribution is -0.138. The molecule has 0 amide bonds. The number of hydrogen-bond acceptors (Lipinski definition) is 2. The summed E-state index contributed by atoms with van der Waals surface area (Å²) >= 11 is 6.03. The maximum Gasteiger partial charge on any atom is 0.317 e. The minimum absolute atomic E-state index is 0. The first-order chi connectivity index (χ1) is 7.63. The van der Waals surface area contributed by atoms with E-state index in [1.54, 1.807) is 0 Å². The smallest absolute Gasteiger partial charge is 0.317 e. The van der Waals surface area contributed by atoms with Crippen LogP contribution in [0.2, 0.25) is 5.02 Å².